The molecule has 2 aliphatic carbocycles. The molecule has 6 atom stereocenters. The lowest BCUT2D eigenvalue weighted by atomic mass is 9.92. The van der Waals surface area contributed by atoms with Gasteiger partial charge in [-0.3, -0.25) is 28.7 Å². The molecule has 0 radical (unpaired) electrons. The first-order valence-electron chi connectivity index (χ1n) is 20.5. The number of fused-ring (bicyclic) bond motifs is 5. The Kier molecular flexibility index (Phi) is 10.6. The van der Waals surface area contributed by atoms with Crippen LogP contribution in [-0.2, 0) is 33.9 Å². The fraction of sp³-hybridized carbons (Fsp3) is 0.558. The molecular weight excluding hydrogens is 765 g/mol. The maximum Gasteiger partial charge on any atom is 0.307 e. The summed E-state index contributed by atoms with van der Waals surface area (Å²) in [6.07, 6.45) is 8.28. The van der Waals surface area contributed by atoms with Gasteiger partial charge in [0.25, 0.3) is 11.8 Å². The van der Waals surface area contributed by atoms with Crippen molar-refractivity contribution in [2.75, 3.05) is 26.4 Å². The molecule has 14 nitrogen and oxygen atoms in total. The zero-order valence-corrected chi connectivity index (χ0v) is 34.1. The Morgan fingerprint density at radius 2 is 1.72 bits per heavy atom. The molecule has 2 saturated heterocycles. The number of likely N-dealkylation sites (tertiary alicyclic amines) is 1. The minimum atomic E-state index is -3.91. The second kappa shape index (κ2) is 15.4. The van der Waals surface area contributed by atoms with Crippen LogP contribution in [0.3, 0.4) is 0 Å². The fourth-order valence-electron chi connectivity index (χ4n) is 9.04. The minimum Gasteiger partial charge on any atom is -0.460 e. The second-order valence-corrected chi connectivity index (χ2v) is 19.7. The zero-order chi connectivity index (χ0) is 41.0. The fourth-order valence-corrected chi connectivity index (χ4v) is 10.4. The predicted octanol–water partition coefficient (Wildman–Crippen LogP) is 4.33. The molecule has 4 heterocycles. The van der Waals surface area contributed by atoms with Gasteiger partial charge in [-0.15, -0.1) is 0 Å². The summed E-state index contributed by atoms with van der Waals surface area (Å²) in [5.74, 6) is -3.07. The molecule has 2 N–H and O–H groups in total. The maximum absolute atomic E-state index is 14.8. The molecule has 2 aromatic carbocycles. The monoisotopic (exact) mass is 816 g/mol. The molecule has 0 aromatic heterocycles. The number of amides is 4. The van der Waals surface area contributed by atoms with Crippen molar-refractivity contribution in [2.45, 2.75) is 101 Å². The number of hydrogen-bond acceptors (Lipinski definition) is 10. The Bertz CT molecular complexity index is 2150. The maximum atomic E-state index is 14.8. The summed E-state index contributed by atoms with van der Waals surface area (Å²) in [6, 6.07) is 11.8. The van der Waals surface area contributed by atoms with Gasteiger partial charge < -0.3 is 29.3 Å². The van der Waals surface area contributed by atoms with Crippen molar-refractivity contribution in [3.63, 3.8) is 0 Å². The third-order valence-corrected chi connectivity index (χ3v) is 14.1. The molecule has 0 spiro atoms. The van der Waals surface area contributed by atoms with Crippen molar-refractivity contribution in [1.29, 1.82) is 0 Å². The summed E-state index contributed by atoms with van der Waals surface area (Å²) in [4.78, 5) is 73.9. The molecule has 58 heavy (non-hydrogen) atoms. The highest BCUT2D eigenvalue weighted by atomic mass is 32.2. The molecule has 4 amide bonds. The largest absolute Gasteiger partial charge is 0.460 e. The van der Waals surface area contributed by atoms with Crippen LogP contribution in [0.4, 0.5) is 0 Å². The molecular formula is C43H52N4O10S. The third kappa shape index (κ3) is 8.19. The molecule has 0 bridgehead atoms. The van der Waals surface area contributed by atoms with Gasteiger partial charge in [-0.25, -0.2) is 8.42 Å². The minimum absolute atomic E-state index is 0.145. The third-order valence-electron chi connectivity index (χ3n) is 12.3. The van der Waals surface area contributed by atoms with E-state index < -0.39 is 68.0 Å². The number of benzene rings is 2. The number of carbonyl (C=O) groups is 5. The predicted molar refractivity (Wildman–Crippen MR) is 212 cm³/mol. The first-order chi connectivity index (χ1) is 27.6. The van der Waals surface area contributed by atoms with E-state index in [-0.39, 0.29) is 50.5 Å². The number of rotatable bonds is 7. The molecule has 15 heteroatoms. The normalized spacial score (nSPS) is 28.9. The highest BCUT2D eigenvalue weighted by Crippen LogP contribution is 2.47. The van der Waals surface area contributed by atoms with Crippen molar-refractivity contribution < 1.29 is 46.6 Å². The van der Waals surface area contributed by atoms with Gasteiger partial charge in [0.05, 0.1) is 11.7 Å². The van der Waals surface area contributed by atoms with Crippen LogP contribution in [0.5, 0.6) is 11.5 Å². The number of nitrogens with one attached hydrogen (secondary N) is 2. The van der Waals surface area contributed by atoms with Gasteiger partial charge in [-0.2, -0.15) is 0 Å². The summed E-state index contributed by atoms with van der Waals surface area (Å²) < 4.78 is 44.8. The van der Waals surface area contributed by atoms with Crippen LogP contribution in [0.2, 0.25) is 0 Å². The van der Waals surface area contributed by atoms with Crippen LogP contribution in [-0.4, -0.2) is 96.7 Å². The van der Waals surface area contributed by atoms with Gasteiger partial charge in [-0.05, 0) is 94.7 Å². The topological polar surface area (TPSA) is 178 Å². The lowest BCUT2D eigenvalue weighted by molar-refractivity contribution is -0.159. The SMILES string of the molecule is CC(C)(C)OC(=O)C[C@@H]1CCCCC/C=C\[C@@H]2C[C@@]2(C(=O)NS(=O)(=O)C2CC2)NC(=O)[C@@H]2[C@H]3CN(C(=O)c4cccc(-c5ccc6c(c5)OCO6)c4)C[C@H]3CN2C1=O. The number of sulfonamides is 1. The molecule has 2 aromatic rings. The molecule has 0 unspecified atom stereocenters. The van der Waals surface area contributed by atoms with Gasteiger partial charge in [0.2, 0.25) is 28.6 Å². The number of esters is 1. The van der Waals surface area contributed by atoms with Gasteiger partial charge in [-0.1, -0.05) is 43.2 Å². The summed E-state index contributed by atoms with van der Waals surface area (Å²) in [7, 11) is -3.91. The van der Waals surface area contributed by atoms with Gasteiger partial charge >= 0.3 is 5.97 Å². The average Bonchev–Trinajstić information content (AvgIpc) is 4.00. The molecule has 2 saturated carbocycles. The van der Waals surface area contributed by atoms with Crippen LogP contribution >= 0.6 is 0 Å². The average molecular weight is 817 g/mol. The van der Waals surface area contributed by atoms with Crippen molar-refractivity contribution in [1.82, 2.24) is 19.8 Å². The van der Waals surface area contributed by atoms with Crippen molar-refractivity contribution in [3.8, 4) is 22.6 Å². The molecule has 6 aliphatic rings. The van der Waals surface area contributed by atoms with E-state index in [0.717, 1.165) is 24.0 Å². The molecule has 4 fully saturated rings. The summed E-state index contributed by atoms with van der Waals surface area (Å²) in [6.45, 7) is 6.10. The van der Waals surface area contributed by atoms with E-state index in [1.165, 1.54) is 0 Å². The summed E-state index contributed by atoms with van der Waals surface area (Å²) >= 11 is 0. The highest BCUT2D eigenvalue weighted by Gasteiger charge is 2.63. The number of hydrogen-bond donors (Lipinski definition) is 2. The van der Waals surface area contributed by atoms with E-state index in [1.807, 2.05) is 48.6 Å². The van der Waals surface area contributed by atoms with Crippen molar-refractivity contribution >= 4 is 39.6 Å². The second-order valence-electron chi connectivity index (χ2n) is 17.7. The van der Waals surface area contributed by atoms with E-state index >= 15 is 0 Å². The molecule has 8 rings (SSSR count). The number of allylic oxidation sites excluding steroid dienone is 1. The Balaban J connectivity index is 1.07. The highest BCUT2D eigenvalue weighted by molar-refractivity contribution is 7.91. The number of ether oxygens (including phenoxy) is 3. The van der Waals surface area contributed by atoms with E-state index in [2.05, 4.69) is 10.0 Å². The summed E-state index contributed by atoms with van der Waals surface area (Å²) in [5, 5.41) is 2.32. The lowest BCUT2D eigenvalue weighted by Gasteiger charge is -2.33. The number of carbonyl (C=O) groups excluding carboxylic acids is 5. The van der Waals surface area contributed by atoms with E-state index in [1.54, 1.807) is 36.6 Å². The van der Waals surface area contributed by atoms with E-state index in [0.29, 0.717) is 55.7 Å². The number of nitrogens with zero attached hydrogens (tertiary/aromatic N) is 2. The Morgan fingerprint density at radius 3 is 2.50 bits per heavy atom. The first kappa shape index (κ1) is 39.9. The lowest BCUT2D eigenvalue weighted by Crippen LogP contribution is -2.58. The van der Waals surface area contributed by atoms with Gasteiger partial charge in [0.15, 0.2) is 11.5 Å². The van der Waals surface area contributed by atoms with Crippen LogP contribution < -0.4 is 19.5 Å². The zero-order valence-electron chi connectivity index (χ0n) is 33.2. The van der Waals surface area contributed by atoms with Gasteiger partial charge in [0.1, 0.15) is 17.2 Å². The van der Waals surface area contributed by atoms with Gasteiger partial charge in [0, 0.05) is 48.9 Å². The van der Waals surface area contributed by atoms with Crippen LogP contribution in [0.15, 0.2) is 54.6 Å². The van der Waals surface area contributed by atoms with E-state index in [9.17, 15) is 32.4 Å². The van der Waals surface area contributed by atoms with Crippen LogP contribution in [0.25, 0.3) is 11.1 Å². The molecule has 310 valence electrons. The van der Waals surface area contributed by atoms with Crippen molar-refractivity contribution in [3.05, 3.63) is 60.2 Å². The summed E-state index contributed by atoms with van der Waals surface area (Å²) in [5.41, 5.74) is -0.121. The molecule has 4 aliphatic heterocycles. The Hall–Kier alpha value is -4.92. The Morgan fingerprint density at radius 1 is 0.948 bits per heavy atom. The van der Waals surface area contributed by atoms with E-state index in [4.69, 9.17) is 14.2 Å². The quantitative estimate of drug-likeness (QED) is 0.302. The first-order valence-corrected chi connectivity index (χ1v) is 22.0. The Labute approximate surface area is 339 Å². The van der Waals surface area contributed by atoms with Crippen LogP contribution in [0, 0.1) is 23.7 Å². The van der Waals surface area contributed by atoms with Crippen molar-refractivity contribution in [2.24, 2.45) is 23.7 Å². The standard InChI is InChI=1S/C43H52N4O10S/c1-42(2,3)57-36(48)20-29-10-7-5-4-6-8-13-31-21-43(31,41(52)45-58(53,54)32-15-16-32)44-38(49)37-33-24-46(22-30(33)23-47(37)40(29)51)39(50)28-12-9-11-26(18-28)27-14-17-34-35(19-27)56-25-55-34/h8-9,11-14,17-19,29-33,37H,4-7,10,15-16,20-25H2,1-3H3,(H,44,49)(H,45,52)/b13-8-/t29-,30-,31+,33-,37-,43+/m0/s1. The smallest absolute Gasteiger partial charge is 0.307 e. The van der Waals surface area contributed by atoms with Crippen LogP contribution in [0.1, 0.15) is 88.9 Å².